The smallest absolute Gasteiger partial charge is 0.353 e. The van der Waals surface area contributed by atoms with Crippen molar-refractivity contribution in [1.29, 1.82) is 0 Å². The number of alkyl halides is 3. The van der Waals surface area contributed by atoms with Crippen LogP contribution in [0.2, 0.25) is 0 Å². The van der Waals surface area contributed by atoms with E-state index in [-0.39, 0.29) is 0 Å². The molecular weight excluding hydrogens is 451 g/mol. The summed E-state index contributed by atoms with van der Waals surface area (Å²) in [4.78, 5) is 2.32. The number of nitrogens with zero attached hydrogens (tertiary/aromatic N) is 5. The largest absolute Gasteiger partial charge is 0.416 e. The lowest BCUT2D eigenvalue weighted by Gasteiger charge is -2.16. The zero-order valence-electron chi connectivity index (χ0n) is 19.0. The average molecular weight is 480 g/mol. The second kappa shape index (κ2) is 9.89. The Kier molecular flexibility index (Phi) is 7.13. The van der Waals surface area contributed by atoms with Crippen molar-refractivity contribution >= 4 is 11.8 Å². The van der Waals surface area contributed by atoms with E-state index in [0.29, 0.717) is 23.4 Å². The van der Waals surface area contributed by atoms with Gasteiger partial charge >= 0.3 is 6.18 Å². The number of hydrogen-bond donors (Lipinski definition) is 0. The lowest BCUT2D eigenvalue weighted by atomic mass is 10.1. The van der Waals surface area contributed by atoms with Gasteiger partial charge in [0.1, 0.15) is 0 Å². The van der Waals surface area contributed by atoms with Crippen molar-refractivity contribution in [3.63, 3.8) is 0 Å². The molecule has 1 unspecified atom stereocenters. The van der Waals surface area contributed by atoms with Gasteiger partial charge in [-0.05, 0) is 75.9 Å². The van der Waals surface area contributed by atoms with E-state index in [0.717, 1.165) is 54.5 Å². The zero-order chi connectivity index (χ0) is 23.6. The molecule has 1 aliphatic rings. The van der Waals surface area contributed by atoms with Crippen LogP contribution in [0.4, 0.5) is 13.2 Å². The topological polar surface area (TPSA) is 60.0 Å². The van der Waals surface area contributed by atoms with Crippen LogP contribution < -0.4 is 0 Å². The summed E-state index contributed by atoms with van der Waals surface area (Å²) in [6.07, 6.45) is -1.11. The average Bonchev–Trinajstić information content (AvgIpc) is 3.29. The SMILES string of the molecule is Cc1cc(-c2nnc(SCCCN(C)CCC3C[C@H]3c3ccc(C(F)(F)F)cc3)n2C)on1. The third-order valence-corrected chi connectivity index (χ3v) is 7.18. The molecule has 0 aliphatic heterocycles. The first-order valence-electron chi connectivity index (χ1n) is 11.0. The summed E-state index contributed by atoms with van der Waals surface area (Å²) in [6, 6.07) is 7.50. The van der Waals surface area contributed by atoms with Gasteiger partial charge in [0.25, 0.3) is 0 Å². The highest BCUT2D eigenvalue weighted by atomic mass is 32.2. The van der Waals surface area contributed by atoms with Crippen LogP contribution in [0, 0.1) is 12.8 Å². The van der Waals surface area contributed by atoms with Gasteiger partial charge in [-0.25, -0.2) is 0 Å². The molecule has 3 aromatic rings. The molecule has 2 atom stereocenters. The van der Waals surface area contributed by atoms with Gasteiger partial charge in [-0.1, -0.05) is 29.1 Å². The Morgan fingerprint density at radius 1 is 1.18 bits per heavy atom. The second-order valence-electron chi connectivity index (χ2n) is 8.71. The predicted molar refractivity (Wildman–Crippen MR) is 121 cm³/mol. The number of aryl methyl sites for hydroxylation is 1. The quantitative estimate of drug-likeness (QED) is 0.286. The first kappa shape index (κ1) is 23.8. The van der Waals surface area contributed by atoms with E-state index in [2.05, 4.69) is 27.3 Å². The minimum Gasteiger partial charge on any atom is -0.353 e. The fourth-order valence-electron chi connectivity index (χ4n) is 4.01. The van der Waals surface area contributed by atoms with Crippen molar-refractivity contribution in [2.75, 3.05) is 25.9 Å². The molecule has 0 radical (unpaired) electrons. The highest BCUT2D eigenvalue weighted by Crippen LogP contribution is 2.49. The summed E-state index contributed by atoms with van der Waals surface area (Å²) >= 11 is 1.67. The third kappa shape index (κ3) is 5.97. The lowest BCUT2D eigenvalue weighted by molar-refractivity contribution is -0.137. The minimum atomic E-state index is -4.27. The molecule has 1 aliphatic carbocycles. The summed E-state index contributed by atoms with van der Waals surface area (Å²) in [7, 11) is 4.04. The number of thioether (sulfide) groups is 1. The van der Waals surface area contributed by atoms with Crippen LogP contribution in [-0.2, 0) is 13.2 Å². The number of hydrogen-bond acceptors (Lipinski definition) is 6. The molecule has 178 valence electrons. The number of aromatic nitrogens is 4. The maximum absolute atomic E-state index is 12.7. The Balaban J connectivity index is 1.14. The maximum atomic E-state index is 12.7. The van der Waals surface area contributed by atoms with Crippen LogP contribution in [0.1, 0.15) is 42.0 Å². The van der Waals surface area contributed by atoms with Gasteiger partial charge in [-0.2, -0.15) is 13.2 Å². The number of rotatable bonds is 10. The van der Waals surface area contributed by atoms with Crippen molar-refractivity contribution in [2.24, 2.45) is 13.0 Å². The molecule has 1 aromatic carbocycles. The van der Waals surface area contributed by atoms with Crippen molar-refractivity contribution in [1.82, 2.24) is 24.8 Å². The van der Waals surface area contributed by atoms with E-state index in [1.165, 1.54) is 12.1 Å². The molecule has 0 spiro atoms. The zero-order valence-corrected chi connectivity index (χ0v) is 19.8. The summed E-state index contributed by atoms with van der Waals surface area (Å²) in [5.74, 6) is 3.18. The van der Waals surface area contributed by atoms with E-state index in [1.54, 1.807) is 23.9 Å². The van der Waals surface area contributed by atoms with Crippen LogP contribution >= 0.6 is 11.8 Å². The van der Waals surface area contributed by atoms with Gasteiger partial charge in [0.05, 0.1) is 11.3 Å². The van der Waals surface area contributed by atoms with E-state index < -0.39 is 11.7 Å². The van der Waals surface area contributed by atoms with Gasteiger partial charge in [-0.3, -0.25) is 0 Å². The van der Waals surface area contributed by atoms with Crippen LogP contribution in [0.15, 0.2) is 40.0 Å². The summed E-state index contributed by atoms with van der Waals surface area (Å²) in [5.41, 5.74) is 1.25. The minimum absolute atomic E-state index is 0.398. The van der Waals surface area contributed by atoms with E-state index in [9.17, 15) is 13.2 Å². The monoisotopic (exact) mass is 479 g/mol. The molecule has 1 saturated carbocycles. The van der Waals surface area contributed by atoms with Gasteiger partial charge in [0.2, 0.25) is 11.6 Å². The van der Waals surface area contributed by atoms with E-state index in [4.69, 9.17) is 4.52 Å². The number of benzene rings is 1. The molecule has 0 amide bonds. The number of halogens is 3. The first-order chi connectivity index (χ1) is 15.7. The molecule has 4 rings (SSSR count). The predicted octanol–water partition coefficient (Wildman–Crippen LogP) is 5.41. The maximum Gasteiger partial charge on any atom is 0.416 e. The Morgan fingerprint density at radius 2 is 1.94 bits per heavy atom. The summed E-state index contributed by atoms with van der Waals surface area (Å²) < 4.78 is 45.3. The Hall–Kier alpha value is -2.33. The first-order valence-corrected chi connectivity index (χ1v) is 12.0. The van der Waals surface area contributed by atoms with Gasteiger partial charge in [-0.15, -0.1) is 10.2 Å². The van der Waals surface area contributed by atoms with Crippen LogP contribution in [0.3, 0.4) is 0 Å². The Labute approximate surface area is 195 Å². The van der Waals surface area contributed by atoms with E-state index >= 15 is 0 Å². The molecule has 6 nitrogen and oxygen atoms in total. The molecule has 10 heteroatoms. The summed E-state index contributed by atoms with van der Waals surface area (Å²) in [5, 5.41) is 13.2. The van der Waals surface area contributed by atoms with Gasteiger partial charge in [0.15, 0.2) is 5.16 Å². The fourth-order valence-corrected chi connectivity index (χ4v) is 4.85. The highest BCUT2D eigenvalue weighted by Gasteiger charge is 2.38. The molecule has 2 heterocycles. The molecule has 1 fully saturated rings. The van der Waals surface area contributed by atoms with Crippen molar-refractivity contribution in [3.8, 4) is 11.6 Å². The van der Waals surface area contributed by atoms with Crippen molar-refractivity contribution < 1.29 is 17.7 Å². The molecular formula is C23H28F3N5OS. The lowest BCUT2D eigenvalue weighted by Crippen LogP contribution is -2.21. The van der Waals surface area contributed by atoms with E-state index in [1.807, 2.05) is 24.6 Å². The fraction of sp³-hybridized carbons (Fsp3) is 0.522. The van der Waals surface area contributed by atoms with Gasteiger partial charge in [0, 0.05) is 18.9 Å². The van der Waals surface area contributed by atoms with Crippen LogP contribution in [0.5, 0.6) is 0 Å². The van der Waals surface area contributed by atoms with Gasteiger partial charge < -0.3 is 14.0 Å². The third-order valence-electron chi connectivity index (χ3n) is 6.07. The van der Waals surface area contributed by atoms with Crippen LogP contribution in [-0.4, -0.2) is 50.7 Å². The molecule has 33 heavy (non-hydrogen) atoms. The molecule has 0 bridgehead atoms. The normalized spacial score (nSPS) is 18.3. The van der Waals surface area contributed by atoms with Crippen molar-refractivity contribution in [3.05, 3.63) is 47.2 Å². The molecule has 0 saturated heterocycles. The highest BCUT2D eigenvalue weighted by molar-refractivity contribution is 7.99. The molecule has 0 N–H and O–H groups in total. The Bertz CT molecular complexity index is 1060. The summed E-state index contributed by atoms with van der Waals surface area (Å²) in [6.45, 7) is 3.84. The standard InChI is InChI=1S/C23H28F3N5OS/c1-15-13-20(32-29-15)21-27-28-22(31(21)3)33-12-4-10-30(2)11-9-17-14-19(17)16-5-7-18(8-6-16)23(24,25)26/h5-8,13,17,19H,4,9-12,14H2,1-3H3/t17?,19-/m0/s1. The second-order valence-corrected chi connectivity index (χ2v) is 9.78. The van der Waals surface area contributed by atoms with Crippen LogP contribution in [0.25, 0.3) is 11.6 Å². The van der Waals surface area contributed by atoms with Crippen molar-refractivity contribution in [2.45, 2.75) is 43.4 Å². The Morgan fingerprint density at radius 3 is 2.61 bits per heavy atom. The molecule has 2 aromatic heterocycles.